The van der Waals surface area contributed by atoms with Gasteiger partial charge in [-0.15, -0.1) is 0 Å². The van der Waals surface area contributed by atoms with Gasteiger partial charge in [0, 0.05) is 0 Å². The molecule has 1 aliphatic heterocycles. The SMILES string of the molecule is O=C(C[NH+]1CCN(S(=O)(=O)c2ccc3ccccc3c2)CC1)Nc1c(F)c(F)c(F)c(F)c1F. The number of nitrogens with one attached hydrogen (secondary N) is 2. The summed E-state index contributed by atoms with van der Waals surface area (Å²) in [7, 11) is -3.78. The van der Waals surface area contributed by atoms with Crippen LogP contribution < -0.4 is 10.2 Å². The van der Waals surface area contributed by atoms with Crippen LogP contribution in [0.5, 0.6) is 0 Å². The van der Waals surface area contributed by atoms with E-state index in [2.05, 4.69) is 0 Å². The number of fused-ring (bicyclic) bond motifs is 1. The quantitative estimate of drug-likeness (QED) is 0.320. The highest BCUT2D eigenvalue weighted by molar-refractivity contribution is 7.89. The van der Waals surface area contributed by atoms with Gasteiger partial charge < -0.3 is 10.2 Å². The minimum atomic E-state index is -3.78. The molecule has 0 aromatic heterocycles. The number of sulfonamides is 1. The maximum absolute atomic E-state index is 13.8. The van der Waals surface area contributed by atoms with Gasteiger partial charge in [0.05, 0.1) is 31.1 Å². The Bertz CT molecular complexity index is 1350. The number of carbonyl (C=O) groups excluding carboxylic acids is 1. The van der Waals surface area contributed by atoms with Gasteiger partial charge in [-0.05, 0) is 22.9 Å². The molecular weight excluding hydrogens is 481 g/mol. The summed E-state index contributed by atoms with van der Waals surface area (Å²) in [5.41, 5.74) is -1.42. The average Bonchev–Trinajstić information content (AvgIpc) is 2.84. The maximum atomic E-state index is 13.8. The Balaban J connectivity index is 1.40. The Hall–Kier alpha value is -3.09. The van der Waals surface area contributed by atoms with Crippen LogP contribution in [0.3, 0.4) is 0 Å². The summed E-state index contributed by atoms with van der Waals surface area (Å²) in [5, 5.41) is 3.40. The summed E-state index contributed by atoms with van der Waals surface area (Å²) in [6, 6.07) is 12.1. The minimum Gasteiger partial charge on any atom is -0.325 e. The molecule has 3 aromatic carbocycles. The van der Waals surface area contributed by atoms with Gasteiger partial charge in [0.1, 0.15) is 5.69 Å². The number of anilines is 1. The Morgan fingerprint density at radius 3 is 2.03 bits per heavy atom. The van der Waals surface area contributed by atoms with Crippen LogP contribution in [-0.4, -0.2) is 51.4 Å². The van der Waals surface area contributed by atoms with E-state index in [1.807, 2.05) is 12.1 Å². The predicted molar refractivity (Wildman–Crippen MR) is 113 cm³/mol. The first kappa shape index (κ1) is 24.0. The Morgan fingerprint density at radius 1 is 0.853 bits per heavy atom. The number of hydrogen-bond donors (Lipinski definition) is 2. The van der Waals surface area contributed by atoms with Crippen LogP contribution >= 0.6 is 0 Å². The molecule has 0 atom stereocenters. The van der Waals surface area contributed by atoms with E-state index in [9.17, 15) is 35.2 Å². The van der Waals surface area contributed by atoms with Gasteiger partial charge in [0.2, 0.25) is 15.8 Å². The van der Waals surface area contributed by atoms with Crippen LogP contribution in [0.2, 0.25) is 0 Å². The number of benzene rings is 3. The molecule has 12 heteroatoms. The maximum Gasteiger partial charge on any atom is 0.279 e. The third-order valence-electron chi connectivity index (χ3n) is 5.67. The second kappa shape index (κ2) is 9.28. The van der Waals surface area contributed by atoms with Gasteiger partial charge in [-0.25, -0.2) is 30.4 Å². The molecule has 6 nitrogen and oxygen atoms in total. The zero-order chi connectivity index (χ0) is 24.6. The fraction of sp³-hybridized carbons (Fsp3) is 0.227. The number of hydrogen-bond acceptors (Lipinski definition) is 3. The zero-order valence-corrected chi connectivity index (χ0v) is 18.4. The van der Waals surface area contributed by atoms with Crippen LogP contribution in [-0.2, 0) is 14.8 Å². The first-order valence-corrected chi connectivity index (χ1v) is 11.7. The minimum absolute atomic E-state index is 0.0836. The normalized spacial score (nSPS) is 15.6. The van der Waals surface area contributed by atoms with Gasteiger partial charge in [-0.1, -0.05) is 30.3 Å². The smallest absolute Gasteiger partial charge is 0.279 e. The van der Waals surface area contributed by atoms with Crippen molar-refractivity contribution in [3.05, 3.63) is 71.6 Å². The van der Waals surface area contributed by atoms with Gasteiger partial charge in [0.25, 0.3) is 5.91 Å². The zero-order valence-electron chi connectivity index (χ0n) is 17.5. The van der Waals surface area contributed by atoms with Crippen molar-refractivity contribution in [2.45, 2.75) is 4.90 Å². The van der Waals surface area contributed by atoms with E-state index in [0.717, 1.165) is 10.8 Å². The third-order valence-corrected chi connectivity index (χ3v) is 7.57. The number of nitrogens with zero attached hydrogens (tertiary/aromatic N) is 1. The van der Waals surface area contributed by atoms with Crippen molar-refractivity contribution in [1.82, 2.24) is 4.31 Å². The number of piperazine rings is 1. The van der Waals surface area contributed by atoms with Crippen molar-refractivity contribution in [3.8, 4) is 0 Å². The van der Waals surface area contributed by atoms with E-state index >= 15 is 0 Å². The fourth-order valence-electron chi connectivity index (χ4n) is 3.82. The standard InChI is InChI=1S/C22H18F5N3O3S/c23-17-18(24)20(26)22(21(27)19(17)25)28-16(31)12-29-7-9-30(10-8-29)34(32,33)15-6-5-13-3-1-2-4-14(13)11-15/h1-6,11H,7-10,12H2,(H,28,31)/p+1. The van der Waals surface area contributed by atoms with Crippen molar-refractivity contribution < 1.29 is 40.1 Å². The molecule has 1 saturated heterocycles. The molecule has 0 radical (unpaired) electrons. The van der Waals surface area contributed by atoms with Crippen molar-refractivity contribution in [2.24, 2.45) is 0 Å². The van der Waals surface area contributed by atoms with Crippen LogP contribution in [0.15, 0.2) is 47.4 Å². The molecular formula is C22H19F5N3O3S+. The molecule has 0 unspecified atom stereocenters. The van der Waals surface area contributed by atoms with Crippen molar-refractivity contribution in [1.29, 1.82) is 0 Å². The largest absolute Gasteiger partial charge is 0.325 e. The first-order chi connectivity index (χ1) is 16.1. The van der Waals surface area contributed by atoms with Gasteiger partial charge >= 0.3 is 0 Å². The third kappa shape index (κ3) is 4.48. The molecule has 1 heterocycles. The molecule has 180 valence electrons. The van der Waals surface area contributed by atoms with E-state index < -0.39 is 50.7 Å². The summed E-state index contributed by atoms with van der Waals surface area (Å²) in [6.07, 6.45) is 0. The monoisotopic (exact) mass is 500 g/mol. The number of amides is 1. The van der Waals surface area contributed by atoms with Gasteiger partial charge in [-0.3, -0.25) is 4.79 Å². The lowest BCUT2D eigenvalue weighted by molar-refractivity contribution is -0.895. The highest BCUT2D eigenvalue weighted by atomic mass is 32.2. The number of halogens is 5. The number of carbonyl (C=O) groups is 1. The molecule has 4 rings (SSSR count). The highest BCUT2D eigenvalue weighted by Crippen LogP contribution is 2.27. The molecule has 0 saturated carbocycles. The van der Waals surface area contributed by atoms with Gasteiger partial charge in [0.15, 0.2) is 29.8 Å². The van der Waals surface area contributed by atoms with Crippen LogP contribution in [0.4, 0.5) is 27.6 Å². The van der Waals surface area contributed by atoms with Crippen LogP contribution in [0.25, 0.3) is 10.8 Å². The topological polar surface area (TPSA) is 70.9 Å². The summed E-state index contributed by atoms with van der Waals surface area (Å²) in [5.74, 6) is -11.9. The van der Waals surface area contributed by atoms with E-state index in [1.54, 1.807) is 29.6 Å². The molecule has 1 aliphatic rings. The molecule has 3 aromatic rings. The lowest BCUT2D eigenvalue weighted by atomic mass is 10.1. The van der Waals surface area contributed by atoms with Crippen molar-refractivity contribution >= 4 is 32.4 Å². The second-order valence-corrected chi connectivity index (χ2v) is 9.77. The predicted octanol–water partition coefficient (Wildman–Crippen LogP) is 2.06. The average molecular weight is 500 g/mol. The van der Waals surface area contributed by atoms with Gasteiger partial charge in [-0.2, -0.15) is 4.31 Å². The summed E-state index contributed by atoms with van der Waals surface area (Å²) < 4.78 is 94.6. The summed E-state index contributed by atoms with van der Waals surface area (Å²) in [6.45, 7) is 0.235. The molecule has 0 spiro atoms. The lowest BCUT2D eigenvalue weighted by Gasteiger charge is -2.31. The Morgan fingerprint density at radius 2 is 1.41 bits per heavy atom. The molecule has 0 aliphatic carbocycles. The first-order valence-electron chi connectivity index (χ1n) is 10.2. The number of quaternary nitrogens is 1. The second-order valence-electron chi connectivity index (χ2n) is 7.83. The van der Waals surface area contributed by atoms with Crippen LogP contribution in [0.1, 0.15) is 0 Å². The Kier molecular flexibility index (Phi) is 6.56. The molecule has 1 fully saturated rings. The summed E-state index contributed by atoms with van der Waals surface area (Å²) in [4.78, 5) is 12.9. The molecule has 2 N–H and O–H groups in total. The van der Waals surface area contributed by atoms with E-state index in [4.69, 9.17) is 0 Å². The van der Waals surface area contributed by atoms with E-state index in [-0.39, 0.29) is 37.6 Å². The van der Waals surface area contributed by atoms with Crippen molar-refractivity contribution in [2.75, 3.05) is 38.0 Å². The molecule has 0 bridgehead atoms. The number of rotatable bonds is 5. The van der Waals surface area contributed by atoms with E-state index in [0.29, 0.717) is 4.90 Å². The van der Waals surface area contributed by atoms with Crippen LogP contribution in [0, 0.1) is 29.1 Å². The molecule has 1 amide bonds. The lowest BCUT2D eigenvalue weighted by Crippen LogP contribution is -3.15. The van der Waals surface area contributed by atoms with Crippen molar-refractivity contribution in [3.63, 3.8) is 0 Å². The van der Waals surface area contributed by atoms with E-state index in [1.165, 1.54) is 10.4 Å². The Labute approximate surface area is 191 Å². The fourth-order valence-corrected chi connectivity index (χ4v) is 5.30. The highest BCUT2D eigenvalue weighted by Gasteiger charge is 2.32. The molecule has 34 heavy (non-hydrogen) atoms. The summed E-state index contributed by atoms with van der Waals surface area (Å²) >= 11 is 0.